The first kappa shape index (κ1) is 15.9. The summed E-state index contributed by atoms with van der Waals surface area (Å²) in [6.07, 6.45) is 0.102. The fourth-order valence-corrected chi connectivity index (χ4v) is 2.60. The zero-order chi connectivity index (χ0) is 16.5. The summed E-state index contributed by atoms with van der Waals surface area (Å²) >= 11 is 0. The van der Waals surface area contributed by atoms with Crippen molar-refractivity contribution in [2.75, 3.05) is 18.1 Å². The third kappa shape index (κ3) is 2.66. The maximum absolute atomic E-state index is 12.6. The number of esters is 1. The Labute approximate surface area is 128 Å². The van der Waals surface area contributed by atoms with Crippen LogP contribution in [0.3, 0.4) is 0 Å². The van der Waals surface area contributed by atoms with E-state index in [1.54, 1.807) is 26.8 Å². The van der Waals surface area contributed by atoms with Crippen LogP contribution in [0.1, 0.15) is 32.8 Å². The van der Waals surface area contributed by atoms with Crippen LogP contribution in [0.25, 0.3) is 0 Å². The Balaban J connectivity index is 2.30. The van der Waals surface area contributed by atoms with Gasteiger partial charge < -0.3 is 9.64 Å². The molecule has 0 bridgehead atoms. The normalized spacial score (nSPS) is 15.6. The van der Waals surface area contributed by atoms with Crippen molar-refractivity contribution in [2.45, 2.75) is 32.6 Å². The number of rotatable bonds is 5. The number of hydrogen-bond acceptors (Lipinski definition) is 4. The monoisotopic (exact) mass is 307 g/mol. The molecule has 7 heteroatoms. The van der Waals surface area contributed by atoms with Crippen molar-refractivity contribution in [1.82, 2.24) is 0 Å². The highest BCUT2D eigenvalue weighted by Crippen LogP contribution is 2.43. The predicted octanol–water partition coefficient (Wildman–Crippen LogP) is 2.06. The summed E-state index contributed by atoms with van der Waals surface area (Å²) in [7, 11) is 0. The second kappa shape index (κ2) is 5.75. The summed E-state index contributed by atoms with van der Waals surface area (Å²) in [6.45, 7) is 5.73. The number of carbonyl (C=O) groups excluding carboxylic acids is 2. The number of carbonyl (C=O) groups is 2. The van der Waals surface area contributed by atoms with Crippen molar-refractivity contribution in [2.24, 2.45) is 0 Å². The lowest BCUT2D eigenvalue weighted by Gasteiger charge is -2.19. The van der Waals surface area contributed by atoms with Gasteiger partial charge in [0.05, 0.1) is 23.3 Å². The van der Waals surface area contributed by atoms with E-state index in [-0.39, 0.29) is 35.5 Å². The van der Waals surface area contributed by atoms with Crippen LogP contribution >= 0.6 is 0 Å². The van der Waals surface area contributed by atoms with Gasteiger partial charge in [-0.3, -0.25) is 9.59 Å². The van der Waals surface area contributed by atoms with Crippen molar-refractivity contribution < 1.29 is 24.5 Å². The summed E-state index contributed by atoms with van der Waals surface area (Å²) in [4.78, 5) is 36.3. The third-order valence-electron chi connectivity index (χ3n) is 3.79. The number of hydrogen-bond donors (Lipinski definition) is 1. The molecule has 1 aliphatic heterocycles. The summed E-state index contributed by atoms with van der Waals surface area (Å²) < 4.78 is 4.87. The third-order valence-corrected chi connectivity index (χ3v) is 3.79. The Morgan fingerprint density at radius 2 is 2.09 bits per heavy atom. The zero-order valence-corrected chi connectivity index (χ0v) is 12.8. The lowest BCUT2D eigenvalue weighted by molar-refractivity contribution is -0.729. The van der Waals surface area contributed by atoms with Gasteiger partial charge in [0.25, 0.3) is 4.92 Å². The highest BCUT2D eigenvalue weighted by atomic mass is 16.6. The van der Waals surface area contributed by atoms with Gasteiger partial charge in [-0.15, -0.1) is 0 Å². The van der Waals surface area contributed by atoms with Gasteiger partial charge in [0.1, 0.15) is 0 Å². The SMILES string of the molecule is CCOC(=O)CCN1C(=O)C(C)(C)c2cc([N+](=O)O)ccc21. The van der Waals surface area contributed by atoms with Crippen molar-refractivity contribution in [3.05, 3.63) is 28.7 Å². The highest BCUT2D eigenvalue weighted by Gasteiger charge is 2.44. The highest BCUT2D eigenvalue weighted by molar-refractivity contribution is 6.08. The largest absolute Gasteiger partial charge is 0.466 e. The van der Waals surface area contributed by atoms with Crippen LogP contribution in [0.2, 0.25) is 0 Å². The molecule has 0 fully saturated rings. The molecule has 2 rings (SSSR count). The molecule has 1 amide bonds. The Kier molecular flexibility index (Phi) is 4.16. The van der Waals surface area contributed by atoms with E-state index in [0.29, 0.717) is 17.9 Å². The van der Waals surface area contributed by atoms with Gasteiger partial charge in [0, 0.05) is 24.4 Å². The molecule has 118 valence electrons. The van der Waals surface area contributed by atoms with E-state index in [2.05, 4.69) is 0 Å². The minimum Gasteiger partial charge on any atom is -0.466 e. The molecule has 0 unspecified atom stereocenters. The van der Waals surface area contributed by atoms with Crippen molar-refractivity contribution in [3.63, 3.8) is 0 Å². The molecule has 0 saturated carbocycles. The molecule has 1 aliphatic rings. The average Bonchev–Trinajstić information content (AvgIpc) is 2.65. The van der Waals surface area contributed by atoms with E-state index in [1.807, 2.05) is 0 Å². The lowest BCUT2D eigenvalue weighted by Crippen LogP contribution is -2.37. The average molecular weight is 307 g/mol. The number of nitrogens with zero attached hydrogens (tertiary/aromatic N) is 2. The van der Waals surface area contributed by atoms with Gasteiger partial charge in [-0.05, 0) is 32.4 Å². The van der Waals surface area contributed by atoms with Crippen LogP contribution in [-0.4, -0.2) is 35.2 Å². The summed E-state index contributed by atoms with van der Waals surface area (Å²) in [6, 6.07) is 4.52. The van der Waals surface area contributed by atoms with Gasteiger partial charge in [-0.2, -0.15) is 0 Å². The molecule has 22 heavy (non-hydrogen) atoms. The fourth-order valence-electron chi connectivity index (χ4n) is 2.60. The van der Waals surface area contributed by atoms with Crippen LogP contribution in [0.5, 0.6) is 0 Å². The number of anilines is 1. The zero-order valence-electron chi connectivity index (χ0n) is 12.8. The van der Waals surface area contributed by atoms with Crippen LogP contribution in [0, 0.1) is 4.91 Å². The van der Waals surface area contributed by atoms with Gasteiger partial charge in [-0.25, -0.2) is 5.21 Å². The van der Waals surface area contributed by atoms with Crippen LogP contribution in [0.15, 0.2) is 18.2 Å². The van der Waals surface area contributed by atoms with E-state index in [0.717, 1.165) is 0 Å². The second-order valence-corrected chi connectivity index (χ2v) is 5.61. The Morgan fingerprint density at radius 1 is 1.41 bits per heavy atom. The topological polar surface area (TPSA) is 86.9 Å². The van der Waals surface area contributed by atoms with Gasteiger partial charge in [0.2, 0.25) is 5.91 Å². The molecular formula is C15H19N2O5+. The van der Waals surface area contributed by atoms with Crippen LogP contribution < -0.4 is 4.90 Å². The smallest absolute Gasteiger partial charge is 0.317 e. The minimum absolute atomic E-state index is 0.0619. The van der Waals surface area contributed by atoms with Gasteiger partial charge in [0.15, 0.2) is 0 Å². The van der Waals surface area contributed by atoms with Gasteiger partial charge >= 0.3 is 11.7 Å². The number of amides is 1. The number of benzene rings is 1. The quantitative estimate of drug-likeness (QED) is 0.664. The molecule has 0 atom stereocenters. The van der Waals surface area contributed by atoms with Crippen LogP contribution in [-0.2, 0) is 19.7 Å². The van der Waals surface area contributed by atoms with E-state index in [1.165, 1.54) is 17.0 Å². The van der Waals surface area contributed by atoms with Crippen LogP contribution in [0.4, 0.5) is 11.4 Å². The predicted molar refractivity (Wildman–Crippen MR) is 78.1 cm³/mol. The Morgan fingerprint density at radius 3 is 2.68 bits per heavy atom. The standard InChI is InChI=1S/C15H19N2O5/c1-4-22-13(18)7-8-16-12-6-5-10(17(20)21)9-11(12)15(2,3)14(16)19/h5-6,9H,4,7-8H2,1-3H3,(H,20,21)/q+1. The summed E-state index contributed by atoms with van der Waals surface area (Å²) in [5.74, 6) is -0.515. The Bertz CT molecular complexity index is 639. The molecular weight excluding hydrogens is 288 g/mol. The van der Waals surface area contributed by atoms with Crippen molar-refractivity contribution in [3.8, 4) is 0 Å². The molecule has 1 aromatic carbocycles. The van der Waals surface area contributed by atoms with E-state index in [9.17, 15) is 14.5 Å². The molecule has 0 spiro atoms. The maximum Gasteiger partial charge on any atom is 0.317 e. The second-order valence-electron chi connectivity index (χ2n) is 5.61. The number of ether oxygens (including phenoxy) is 1. The Hall–Kier alpha value is -2.44. The summed E-state index contributed by atoms with van der Waals surface area (Å²) in [5, 5.41) is 9.01. The maximum atomic E-state index is 12.6. The first-order valence-corrected chi connectivity index (χ1v) is 7.07. The summed E-state index contributed by atoms with van der Waals surface area (Å²) in [5.41, 5.74) is 0.529. The van der Waals surface area contributed by atoms with Gasteiger partial charge in [-0.1, -0.05) is 0 Å². The molecule has 1 heterocycles. The molecule has 0 aromatic heterocycles. The molecule has 0 saturated heterocycles. The minimum atomic E-state index is -0.823. The first-order chi connectivity index (χ1) is 10.3. The van der Waals surface area contributed by atoms with E-state index < -0.39 is 5.41 Å². The van der Waals surface area contributed by atoms with E-state index >= 15 is 0 Å². The number of fused-ring (bicyclic) bond motifs is 1. The molecule has 7 nitrogen and oxygen atoms in total. The van der Waals surface area contributed by atoms with Crippen molar-refractivity contribution >= 4 is 23.3 Å². The fraction of sp³-hybridized carbons (Fsp3) is 0.467. The molecule has 1 aromatic rings. The van der Waals surface area contributed by atoms with Crippen molar-refractivity contribution in [1.29, 1.82) is 0 Å². The van der Waals surface area contributed by atoms with E-state index in [4.69, 9.17) is 9.94 Å². The molecule has 1 N–H and O–H groups in total. The molecule has 0 aliphatic carbocycles. The molecule has 0 radical (unpaired) electrons. The first-order valence-electron chi connectivity index (χ1n) is 7.07. The lowest BCUT2D eigenvalue weighted by atomic mass is 9.86.